The van der Waals surface area contributed by atoms with Gasteiger partial charge >= 0.3 is 0 Å². The van der Waals surface area contributed by atoms with Gasteiger partial charge in [0.2, 0.25) is 17.7 Å². The number of anilines is 1. The number of rotatable bonds is 1. The minimum atomic E-state index is -1.64. The SMILES string of the molecule is CCN1C(=O)C2(C(C#N)=C(N)Oc3nc4n(c(=O)c32)CCS4)c2ccccc21. The summed E-state index contributed by atoms with van der Waals surface area (Å²) in [6.45, 7) is 2.73. The minimum Gasteiger partial charge on any atom is -0.421 e. The van der Waals surface area contributed by atoms with E-state index >= 15 is 0 Å². The second-order valence-electron chi connectivity index (χ2n) is 6.65. The highest BCUT2D eigenvalue weighted by atomic mass is 32.2. The van der Waals surface area contributed by atoms with Crippen molar-refractivity contribution in [2.75, 3.05) is 17.2 Å². The van der Waals surface area contributed by atoms with Gasteiger partial charge in [-0.15, -0.1) is 0 Å². The highest BCUT2D eigenvalue weighted by Gasteiger charge is 2.61. The summed E-state index contributed by atoms with van der Waals surface area (Å²) in [7, 11) is 0. The Balaban J connectivity index is 1.97. The summed E-state index contributed by atoms with van der Waals surface area (Å²) in [6.07, 6.45) is 0. The molecule has 2 aromatic rings. The van der Waals surface area contributed by atoms with E-state index in [-0.39, 0.29) is 34.4 Å². The zero-order valence-corrected chi connectivity index (χ0v) is 15.7. The van der Waals surface area contributed by atoms with Crippen LogP contribution in [0, 0.1) is 11.3 Å². The predicted molar refractivity (Wildman–Crippen MR) is 102 cm³/mol. The molecular weight excluding hydrogens is 378 g/mol. The molecule has 1 amide bonds. The number of carbonyl (C=O) groups excluding carboxylic acids is 1. The molecule has 0 saturated carbocycles. The molecule has 0 aliphatic carbocycles. The van der Waals surface area contributed by atoms with E-state index in [4.69, 9.17) is 10.5 Å². The van der Waals surface area contributed by atoms with E-state index in [1.54, 1.807) is 23.1 Å². The van der Waals surface area contributed by atoms with Crippen LogP contribution in [0.4, 0.5) is 5.69 Å². The molecule has 9 heteroatoms. The monoisotopic (exact) mass is 393 g/mol. The molecule has 2 N–H and O–H groups in total. The van der Waals surface area contributed by atoms with Gasteiger partial charge in [-0.1, -0.05) is 30.0 Å². The van der Waals surface area contributed by atoms with Crippen molar-refractivity contribution >= 4 is 23.4 Å². The highest BCUT2D eigenvalue weighted by molar-refractivity contribution is 7.99. The molecule has 1 spiro atoms. The van der Waals surface area contributed by atoms with Gasteiger partial charge < -0.3 is 15.4 Å². The summed E-state index contributed by atoms with van der Waals surface area (Å²) in [5.41, 5.74) is 5.26. The maximum atomic E-state index is 13.7. The zero-order valence-electron chi connectivity index (χ0n) is 14.9. The third kappa shape index (κ3) is 1.78. The van der Waals surface area contributed by atoms with Gasteiger partial charge in [0.15, 0.2) is 10.6 Å². The zero-order chi connectivity index (χ0) is 19.6. The Labute approximate surface area is 164 Å². The van der Waals surface area contributed by atoms with E-state index in [1.807, 2.05) is 19.1 Å². The molecule has 1 aromatic heterocycles. The maximum absolute atomic E-state index is 13.7. The lowest BCUT2D eigenvalue weighted by Gasteiger charge is -2.33. The predicted octanol–water partition coefficient (Wildman–Crippen LogP) is 1.09. The molecule has 0 saturated heterocycles. The number of aromatic nitrogens is 2. The number of likely N-dealkylation sites (N-methyl/N-ethyl adjacent to an activating group) is 1. The largest absolute Gasteiger partial charge is 0.421 e. The number of para-hydroxylation sites is 1. The Kier molecular flexibility index (Phi) is 3.39. The summed E-state index contributed by atoms with van der Waals surface area (Å²) < 4.78 is 7.12. The van der Waals surface area contributed by atoms with Crippen molar-refractivity contribution < 1.29 is 9.53 Å². The Morgan fingerprint density at radius 3 is 2.93 bits per heavy atom. The van der Waals surface area contributed by atoms with Gasteiger partial charge in [0.25, 0.3) is 5.56 Å². The van der Waals surface area contributed by atoms with Gasteiger partial charge in [0, 0.05) is 30.1 Å². The number of benzene rings is 1. The third-order valence-electron chi connectivity index (χ3n) is 5.44. The molecular formula is C19H15N5O3S. The van der Waals surface area contributed by atoms with E-state index in [1.165, 1.54) is 16.3 Å². The third-order valence-corrected chi connectivity index (χ3v) is 6.40. The number of nitrogens with two attached hydrogens (primary N) is 1. The molecule has 140 valence electrons. The van der Waals surface area contributed by atoms with Crippen LogP contribution in [-0.2, 0) is 16.8 Å². The molecule has 28 heavy (non-hydrogen) atoms. The lowest BCUT2D eigenvalue weighted by molar-refractivity contribution is -0.121. The highest BCUT2D eigenvalue weighted by Crippen LogP contribution is 2.53. The summed E-state index contributed by atoms with van der Waals surface area (Å²) >= 11 is 1.44. The van der Waals surface area contributed by atoms with Crippen LogP contribution in [0.2, 0.25) is 0 Å². The number of ether oxygens (including phenoxy) is 1. The first kappa shape index (κ1) is 16.9. The Morgan fingerprint density at radius 1 is 1.39 bits per heavy atom. The van der Waals surface area contributed by atoms with Crippen molar-refractivity contribution in [3.8, 4) is 11.9 Å². The molecule has 0 radical (unpaired) electrons. The smallest absolute Gasteiger partial charge is 0.263 e. The van der Waals surface area contributed by atoms with Crippen molar-refractivity contribution in [3.63, 3.8) is 0 Å². The first-order chi connectivity index (χ1) is 13.6. The molecule has 1 aromatic carbocycles. The topological polar surface area (TPSA) is 114 Å². The standard InChI is InChI=1S/C19H15N5O3S/c1-2-23-12-6-4-3-5-10(12)19(17(23)26)11(9-20)14(21)27-15-13(19)16(25)24-7-8-28-18(24)22-15/h3-6H,2,7-8,21H2,1H3. The van der Waals surface area contributed by atoms with Crippen LogP contribution >= 0.6 is 11.8 Å². The van der Waals surface area contributed by atoms with Crippen LogP contribution in [0.3, 0.4) is 0 Å². The van der Waals surface area contributed by atoms with Crippen LogP contribution < -0.4 is 20.9 Å². The van der Waals surface area contributed by atoms with Crippen LogP contribution in [0.1, 0.15) is 18.1 Å². The quantitative estimate of drug-likeness (QED) is 0.721. The molecule has 5 rings (SSSR count). The summed E-state index contributed by atoms with van der Waals surface area (Å²) in [4.78, 5) is 33.3. The lowest BCUT2D eigenvalue weighted by atomic mass is 9.69. The molecule has 0 bridgehead atoms. The molecule has 1 atom stereocenters. The van der Waals surface area contributed by atoms with Crippen LogP contribution in [0.5, 0.6) is 5.88 Å². The fourth-order valence-corrected chi connectivity index (χ4v) is 5.23. The van der Waals surface area contributed by atoms with Gasteiger partial charge in [-0.2, -0.15) is 10.2 Å². The minimum absolute atomic E-state index is 0.00301. The first-order valence-electron chi connectivity index (χ1n) is 8.83. The fraction of sp³-hybridized carbons (Fsp3) is 0.263. The Bertz CT molecular complexity index is 1200. The Morgan fingerprint density at radius 2 is 2.18 bits per heavy atom. The summed E-state index contributed by atoms with van der Waals surface area (Å²) in [6, 6.07) is 9.20. The number of amides is 1. The number of nitrogens with zero attached hydrogens (tertiary/aromatic N) is 4. The number of thioether (sulfide) groups is 1. The molecule has 3 aliphatic heterocycles. The fourth-order valence-electron chi connectivity index (χ4n) is 4.30. The van der Waals surface area contributed by atoms with Crippen molar-refractivity contribution in [3.05, 3.63) is 57.2 Å². The normalized spacial score (nSPS) is 22.0. The van der Waals surface area contributed by atoms with E-state index in [9.17, 15) is 14.9 Å². The first-order valence-corrected chi connectivity index (χ1v) is 9.82. The molecule has 3 aliphatic rings. The van der Waals surface area contributed by atoms with Gasteiger partial charge in [0.05, 0.1) is 0 Å². The van der Waals surface area contributed by atoms with Crippen molar-refractivity contribution in [2.45, 2.75) is 24.0 Å². The summed E-state index contributed by atoms with van der Waals surface area (Å²) in [5.74, 6) is 0.127. The van der Waals surface area contributed by atoms with Crippen LogP contribution in [0.25, 0.3) is 0 Å². The number of fused-ring (bicyclic) bond motifs is 5. The molecule has 4 heterocycles. The van der Waals surface area contributed by atoms with Gasteiger partial charge in [-0.25, -0.2) is 0 Å². The van der Waals surface area contributed by atoms with Crippen LogP contribution in [-0.4, -0.2) is 27.8 Å². The lowest BCUT2D eigenvalue weighted by Crippen LogP contribution is -2.50. The van der Waals surface area contributed by atoms with E-state index in [0.29, 0.717) is 35.2 Å². The number of carbonyl (C=O) groups is 1. The summed E-state index contributed by atoms with van der Waals surface area (Å²) in [5, 5.41) is 10.5. The number of hydrogen-bond acceptors (Lipinski definition) is 7. The van der Waals surface area contributed by atoms with Crippen molar-refractivity contribution in [2.24, 2.45) is 5.73 Å². The van der Waals surface area contributed by atoms with E-state index in [0.717, 1.165) is 0 Å². The molecule has 1 unspecified atom stereocenters. The van der Waals surface area contributed by atoms with Gasteiger partial charge in [-0.05, 0) is 13.0 Å². The second-order valence-corrected chi connectivity index (χ2v) is 7.71. The average Bonchev–Trinajstić information content (AvgIpc) is 3.24. The van der Waals surface area contributed by atoms with Gasteiger partial charge in [0.1, 0.15) is 17.2 Å². The number of nitriles is 1. The van der Waals surface area contributed by atoms with E-state index in [2.05, 4.69) is 4.98 Å². The van der Waals surface area contributed by atoms with Crippen molar-refractivity contribution in [1.29, 1.82) is 5.26 Å². The Hall–Kier alpha value is -3.25. The van der Waals surface area contributed by atoms with Crippen LogP contribution in [0.15, 0.2) is 45.7 Å². The number of hydrogen-bond donors (Lipinski definition) is 1. The van der Waals surface area contributed by atoms with Gasteiger partial charge in [-0.3, -0.25) is 14.2 Å². The van der Waals surface area contributed by atoms with E-state index < -0.39 is 5.41 Å². The van der Waals surface area contributed by atoms with Crippen molar-refractivity contribution in [1.82, 2.24) is 9.55 Å². The average molecular weight is 393 g/mol. The maximum Gasteiger partial charge on any atom is 0.263 e. The molecule has 0 fully saturated rings. The second kappa shape index (κ2) is 5.62. The molecule has 8 nitrogen and oxygen atoms in total.